The number of hydrogen-bond donors (Lipinski definition) is 0. The van der Waals surface area contributed by atoms with Crippen LogP contribution in [0.3, 0.4) is 0 Å². The first-order valence-electron chi connectivity index (χ1n) is 11.1. The van der Waals surface area contributed by atoms with Gasteiger partial charge in [0.1, 0.15) is 5.82 Å². The maximum absolute atomic E-state index is 13.4. The molecule has 0 amide bonds. The minimum Gasteiger partial charge on any atom is -0.471 e. The second-order valence-electron chi connectivity index (χ2n) is 7.91. The van der Waals surface area contributed by atoms with Crippen molar-refractivity contribution in [3.05, 3.63) is 71.1 Å². The molecule has 1 aromatic heterocycles. The van der Waals surface area contributed by atoms with Crippen LogP contribution in [0.25, 0.3) is 10.9 Å². The van der Waals surface area contributed by atoms with Gasteiger partial charge >= 0.3 is 11.7 Å². The fourth-order valence-electron chi connectivity index (χ4n) is 3.34. The predicted octanol–water partition coefficient (Wildman–Crippen LogP) is 5.56. The molecule has 10 nitrogen and oxygen atoms in total. The zero-order valence-electron chi connectivity index (χ0n) is 20.0. The van der Waals surface area contributed by atoms with E-state index in [1.54, 1.807) is 31.2 Å². The lowest BCUT2D eigenvalue weighted by Gasteiger charge is -2.16. The highest BCUT2D eigenvalue weighted by Crippen LogP contribution is 2.35. The lowest BCUT2D eigenvalue weighted by Crippen LogP contribution is -2.27. The molecule has 0 bridgehead atoms. The molecule has 3 rings (SSSR count). The smallest absolute Gasteiger partial charge is 0.347 e. The summed E-state index contributed by atoms with van der Waals surface area (Å²) in [6.07, 6.45) is 0.872. The molecule has 0 radical (unpaired) electrons. The van der Waals surface area contributed by atoms with Crippen molar-refractivity contribution in [1.82, 2.24) is 9.66 Å². The molecule has 2 atom stereocenters. The van der Waals surface area contributed by atoms with Crippen molar-refractivity contribution in [2.75, 3.05) is 6.61 Å². The molecule has 36 heavy (non-hydrogen) atoms. The number of nitrogens with zero attached hydrogens (tertiary/aromatic N) is 4. The molecule has 0 spiro atoms. The number of aromatic nitrogens is 2. The van der Waals surface area contributed by atoms with E-state index in [1.165, 1.54) is 23.9 Å². The van der Waals surface area contributed by atoms with Crippen molar-refractivity contribution < 1.29 is 19.2 Å². The van der Waals surface area contributed by atoms with Crippen molar-refractivity contribution in [2.45, 2.75) is 46.1 Å². The number of esters is 1. The molecular weight excluding hydrogens is 600 g/mol. The molecule has 190 valence electrons. The maximum atomic E-state index is 13.4. The van der Waals surface area contributed by atoms with E-state index in [0.29, 0.717) is 32.1 Å². The highest BCUT2D eigenvalue weighted by atomic mass is 79.9. The number of nitro benzene ring substituents is 1. The van der Waals surface area contributed by atoms with Gasteiger partial charge in [-0.05, 0) is 44.5 Å². The third-order valence-electron chi connectivity index (χ3n) is 5.37. The monoisotopic (exact) mass is 622 g/mol. The predicted molar refractivity (Wildman–Crippen MR) is 143 cm³/mol. The van der Waals surface area contributed by atoms with Crippen LogP contribution in [-0.2, 0) is 9.53 Å². The molecular formula is C24H24Br2N4O6. The molecule has 0 saturated carbocycles. The van der Waals surface area contributed by atoms with Crippen LogP contribution < -0.4 is 10.3 Å². The topological polar surface area (TPSA) is 126 Å². The summed E-state index contributed by atoms with van der Waals surface area (Å²) < 4.78 is 12.9. The molecule has 0 fully saturated rings. The molecule has 2 aromatic carbocycles. The first-order chi connectivity index (χ1) is 17.1. The summed E-state index contributed by atoms with van der Waals surface area (Å²) in [5, 5.41) is 16.5. The van der Waals surface area contributed by atoms with E-state index in [0.717, 1.165) is 0 Å². The third-order valence-corrected chi connectivity index (χ3v) is 6.32. The Bertz CT molecular complexity index is 1410. The third kappa shape index (κ3) is 5.98. The van der Waals surface area contributed by atoms with Gasteiger partial charge in [0.2, 0.25) is 5.75 Å². The van der Waals surface area contributed by atoms with Gasteiger partial charge in [-0.1, -0.05) is 45.7 Å². The van der Waals surface area contributed by atoms with Crippen molar-refractivity contribution in [2.24, 2.45) is 5.10 Å². The second kappa shape index (κ2) is 11.7. The number of fused-ring (bicyclic) bond motifs is 1. The number of benzene rings is 2. The Balaban J connectivity index is 2.20. The molecule has 3 aromatic rings. The standard InChI is InChI=1S/C24H24Br2N4O6/c1-5-13(3)22-28-19-8-7-16(25)10-18(19)23(31)29(22)27-12-15-9-17(26)11-20(30(33)34)21(15)36-14(4)24(32)35-6-2/h7-14H,5-6H2,1-4H3/t13-,14+/m0/s1. The van der Waals surface area contributed by atoms with Crippen molar-refractivity contribution in [1.29, 1.82) is 0 Å². The zero-order valence-corrected chi connectivity index (χ0v) is 23.2. The summed E-state index contributed by atoms with van der Waals surface area (Å²) >= 11 is 6.64. The first kappa shape index (κ1) is 27.5. The zero-order chi connectivity index (χ0) is 26.6. The van der Waals surface area contributed by atoms with Gasteiger partial charge in [0.05, 0.1) is 28.6 Å². The number of rotatable bonds is 9. The number of nitro groups is 1. The van der Waals surface area contributed by atoms with E-state index >= 15 is 0 Å². The van der Waals surface area contributed by atoms with E-state index in [9.17, 15) is 19.7 Å². The number of carbonyl (C=O) groups excluding carboxylic acids is 1. The SMILES string of the molecule is CCOC(=O)[C@@H](C)Oc1c(C=Nn2c([C@@H](C)CC)nc3ccc(Br)cc3c2=O)cc(Br)cc1[N+](=O)[O-]. The Labute approximate surface area is 223 Å². The molecule has 0 saturated heterocycles. The van der Waals surface area contributed by atoms with Crippen LogP contribution in [0.15, 0.2) is 49.2 Å². The number of carbonyl (C=O) groups is 1. The van der Waals surface area contributed by atoms with Gasteiger partial charge < -0.3 is 9.47 Å². The van der Waals surface area contributed by atoms with Gasteiger partial charge in [-0.25, -0.2) is 9.78 Å². The fourth-order valence-corrected chi connectivity index (χ4v) is 4.17. The maximum Gasteiger partial charge on any atom is 0.347 e. The summed E-state index contributed by atoms with van der Waals surface area (Å²) in [6.45, 7) is 7.11. The lowest BCUT2D eigenvalue weighted by molar-refractivity contribution is -0.386. The van der Waals surface area contributed by atoms with Gasteiger partial charge in [0, 0.05) is 26.5 Å². The van der Waals surface area contributed by atoms with Crippen LogP contribution >= 0.6 is 31.9 Å². The van der Waals surface area contributed by atoms with Gasteiger partial charge in [-0.3, -0.25) is 14.9 Å². The van der Waals surface area contributed by atoms with Gasteiger partial charge in [-0.15, -0.1) is 0 Å². The summed E-state index contributed by atoms with van der Waals surface area (Å²) in [6, 6.07) is 8.02. The molecule has 0 unspecified atom stereocenters. The van der Waals surface area contributed by atoms with E-state index < -0.39 is 17.0 Å². The summed E-state index contributed by atoms with van der Waals surface area (Å²) in [5.74, 6) is -0.501. The lowest BCUT2D eigenvalue weighted by atomic mass is 10.1. The van der Waals surface area contributed by atoms with Crippen LogP contribution in [0.2, 0.25) is 0 Å². The highest BCUT2D eigenvalue weighted by molar-refractivity contribution is 9.10. The first-order valence-corrected chi connectivity index (χ1v) is 12.7. The number of hydrogen-bond acceptors (Lipinski definition) is 8. The number of halogens is 2. The van der Waals surface area contributed by atoms with Gasteiger partial charge in [0.25, 0.3) is 5.56 Å². The summed E-state index contributed by atoms with van der Waals surface area (Å²) in [7, 11) is 0. The summed E-state index contributed by atoms with van der Waals surface area (Å²) in [5.41, 5.74) is -0.0457. The molecule has 0 aliphatic rings. The molecule has 0 aliphatic carbocycles. The average molecular weight is 624 g/mol. The Kier molecular flexibility index (Phi) is 8.96. The molecule has 0 aliphatic heterocycles. The Morgan fingerprint density at radius 2 is 1.94 bits per heavy atom. The van der Waals surface area contributed by atoms with Crippen LogP contribution in [-0.4, -0.2) is 39.5 Å². The Morgan fingerprint density at radius 1 is 1.22 bits per heavy atom. The van der Waals surface area contributed by atoms with E-state index in [1.807, 2.05) is 13.8 Å². The molecule has 0 N–H and O–H groups in total. The normalized spacial score (nSPS) is 13.1. The van der Waals surface area contributed by atoms with Crippen LogP contribution in [0.1, 0.15) is 51.4 Å². The van der Waals surface area contributed by atoms with Crippen LogP contribution in [0.4, 0.5) is 5.69 Å². The van der Waals surface area contributed by atoms with Crippen molar-refractivity contribution in [3.8, 4) is 5.75 Å². The molecule has 12 heteroatoms. The fraction of sp³-hybridized carbons (Fsp3) is 0.333. The Morgan fingerprint density at radius 3 is 2.58 bits per heavy atom. The quantitative estimate of drug-likeness (QED) is 0.132. The van der Waals surface area contributed by atoms with Crippen molar-refractivity contribution >= 4 is 60.6 Å². The average Bonchev–Trinajstić information content (AvgIpc) is 2.84. The minimum absolute atomic E-state index is 0.0979. The van der Waals surface area contributed by atoms with Gasteiger partial charge in [-0.2, -0.15) is 9.78 Å². The van der Waals surface area contributed by atoms with E-state index in [2.05, 4.69) is 41.9 Å². The van der Waals surface area contributed by atoms with Crippen LogP contribution in [0, 0.1) is 10.1 Å². The van der Waals surface area contributed by atoms with E-state index in [-0.39, 0.29) is 35.1 Å². The number of ether oxygens (including phenoxy) is 2. The second-order valence-corrected chi connectivity index (χ2v) is 9.75. The largest absolute Gasteiger partial charge is 0.471 e. The molecule has 1 heterocycles. The van der Waals surface area contributed by atoms with Crippen LogP contribution in [0.5, 0.6) is 5.75 Å². The van der Waals surface area contributed by atoms with Gasteiger partial charge in [0.15, 0.2) is 6.10 Å². The van der Waals surface area contributed by atoms with Crippen molar-refractivity contribution in [3.63, 3.8) is 0 Å². The summed E-state index contributed by atoms with van der Waals surface area (Å²) in [4.78, 5) is 41.3. The minimum atomic E-state index is -1.12. The highest BCUT2D eigenvalue weighted by Gasteiger charge is 2.26. The Hall–Kier alpha value is -3.12. The van der Waals surface area contributed by atoms with E-state index in [4.69, 9.17) is 9.47 Å².